The number of piperidine rings is 1. The smallest absolute Gasteiger partial charge is 0.257 e. The number of aliphatic hydroxyl groups excluding tert-OH is 1. The van der Waals surface area contributed by atoms with Crippen LogP contribution in [0.15, 0.2) is 18.2 Å². The summed E-state index contributed by atoms with van der Waals surface area (Å²) in [5, 5.41) is 18.9. The monoisotopic (exact) mass is 267 g/mol. The average Bonchev–Trinajstić information content (AvgIpc) is 2.42. The van der Waals surface area contributed by atoms with Gasteiger partial charge in [-0.05, 0) is 30.4 Å². The number of amides is 1. The van der Waals surface area contributed by atoms with Crippen molar-refractivity contribution in [3.63, 3.8) is 0 Å². The molecule has 4 nitrogen and oxygen atoms in total. The first kappa shape index (κ1) is 13.8. The molecule has 104 valence electrons. The molecule has 1 amide bonds. The Hall–Kier alpha value is -1.62. The summed E-state index contributed by atoms with van der Waals surface area (Å²) in [6.45, 7) is 3.09. The Bertz CT molecular complexity index is 482. The van der Waals surface area contributed by atoms with Gasteiger partial charge in [0.15, 0.2) is 11.6 Å². The molecular weight excluding hydrogens is 249 g/mol. The summed E-state index contributed by atoms with van der Waals surface area (Å²) in [7, 11) is 0. The van der Waals surface area contributed by atoms with Crippen LogP contribution in [0.1, 0.15) is 30.1 Å². The molecule has 1 aliphatic rings. The second-order valence-corrected chi connectivity index (χ2v) is 5.40. The average molecular weight is 267 g/mol. The fourth-order valence-corrected chi connectivity index (χ4v) is 2.27. The van der Waals surface area contributed by atoms with E-state index in [9.17, 15) is 19.4 Å². The van der Waals surface area contributed by atoms with E-state index in [4.69, 9.17) is 0 Å². The van der Waals surface area contributed by atoms with Crippen LogP contribution in [-0.2, 0) is 0 Å². The van der Waals surface area contributed by atoms with E-state index >= 15 is 0 Å². The van der Waals surface area contributed by atoms with Crippen LogP contribution in [0.4, 0.5) is 4.39 Å². The number of para-hydroxylation sites is 1. The summed E-state index contributed by atoms with van der Waals surface area (Å²) in [6, 6.07) is 3.94. The van der Waals surface area contributed by atoms with Crippen molar-refractivity contribution in [2.75, 3.05) is 19.7 Å². The molecular formula is C14H18FNO3. The summed E-state index contributed by atoms with van der Waals surface area (Å²) in [6.07, 6.45) is 1.40. The number of likely N-dealkylation sites (tertiary alicyclic amines) is 1. The molecule has 0 atom stereocenters. The molecule has 1 fully saturated rings. The van der Waals surface area contributed by atoms with Gasteiger partial charge in [-0.2, -0.15) is 0 Å². The van der Waals surface area contributed by atoms with Gasteiger partial charge in [-0.1, -0.05) is 13.0 Å². The minimum absolute atomic E-state index is 0.00685. The first-order valence-corrected chi connectivity index (χ1v) is 6.34. The van der Waals surface area contributed by atoms with Crippen molar-refractivity contribution in [1.82, 2.24) is 4.90 Å². The van der Waals surface area contributed by atoms with Gasteiger partial charge < -0.3 is 15.1 Å². The highest BCUT2D eigenvalue weighted by Crippen LogP contribution is 2.31. The zero-order valence-corrected chi connectivity index (χ0v) is 10.9. The Morgan fingerprint density at radius 3 is 2.63 bits per heavy atom. The van der Waals surface area contributed by atoms with Gasteiger partial charge in [-0.15, -0.1) is 0 Å². The minimum atomic E-state index is -0.789. The molecule has 2 rings (SSSR count). The maximum atomic E-state index is 13.2. The molecule has 19 heavy (non-hydrogen) atoms. The zero-order chi connectivity index (χ0) is 14.0. The first-order valence-electron chi connectivity index (χ1n) is 6.34. The van der Waals surface area contributed by atoms with Gasteiger partial charge in [0, 0.05) is 19.7 Å². The van der Waals surface area contributed by atoms with Gasteiger partial charge in [-0.25, -0.2) is 4.39 Å². The molecule has 1 aromatic carbocycles. The number of hydrogen-bond donors (Lipinski definition) is 2. The fraction of sp³-hybridized carbons (Fsp3) is 0.500. The lowest BCUT2D eigenvalue weighted by Crippen LogP contribution is -2.43. The fourth-order valence-electron chi connectivity index (χ4n) is 2.27. The van der Waals surface area contributed by atoms with Crippen LogP contribution in [-0.4, -0.2) is 40.7 Å². The Labute approximate surface area is 111 Å². The third-order valence-corrected chi connectivity index (χ3v) is 3.86. The molecule has 1 aromatic rings. The van der Waals surface area contributed by atoms with Gasteiger partial charge in [-0.3, -0.25) is 4.79 Å². The van der Waals surface area contributed by atoms with Crippen LogP contribution >= 0.6 is 0 Å². The molecule has 0 spiro atoms. The van der Waals surface area contributed by atoms with Crippen molar-refractivity contribution < 1.29 is 19.4 Å². The maximum Gasteiger partial charge on any atom is 0.257 e. The highest BCUT2D eigenvalue weighted by Gasteiger charge is 2.32. The number of phenolic OH excluding ortho intramolecular Hbond substituents is 1. The van der Waals surface area contributed by atoms with Crippen molar-refractivity contribution in [3.05, 3.63) is 29.6 Å². The first-order chi connectivity index (χ1) is 8.97. The number of phenols is 1. The van der Waals surface area contributed by atoms with E-state index in [0.717, 1.165) is 6.07 Å². The second kappa shape index (κ2) is 5.17. The number of hydrogen-bond acceptors (Lipinski definition) is 3. The molecule has 0 aromatic heterocycles. The molecule has 0 unspecified atom stereocenters. The summed E-state index contributed by atoms with van der Waals surface area (Å²) in [5.74, 6) is -1.75. The number of rotatable bonds is 2. The Kier molecular flexibility index (Phi) is 3.75. The summed E-state index contributed by atoms with van der Waals surface area (Å²) in [5.41, 5.74) is -0.159. The summed E-state index contributed by atoms with van der Waals surface area (Å²) < 4.78 is 13.2. The van der Waals surface area contributed by atoms with E-state index in [1.807, 2.05) is 6.92 Å². The molecule has 0 aliphatic carbocycles. The quantitative estimate of drug-likeness (QED) is 0.858. The third-order valence-electron chi connectivity index (χ3n) is 3.86. The van der Waals surface area contributed by atoms with E-state index in [0.29, 0.717) is 25.9 Å². The highest BCUT2D eigenvalue weighted by molar-refractivity contribution is 5.96. The minimum Gasteiger partial charge on any atom is -0.504 e. The molecule has 1 saturated heterocycles. The number of halogens is 1. The van der Waals surface area contributed by atoms with Crippen LogP contribution in [0.25, 0.3) is 0 Å². The summed E-state index contributed by atoms with van der Waals surface area (Å²) >= 11 is 0. The van der Waals surface area contributed by atoms with Crippen LogP contribution in [0.5, 0.6) is 5.75 Å². The van der Waals surface area contributed by atoms with Crippen molar-refractivity contribution >= 4 is 5.91 Å². The van der Waals surface area contributed by atoms with Crippen molar-refractivity contribution in [3.8, 4) is 5.75 Å². The van der Waals surface area contributed by atoms with Gasteiger partial charge in [0.2, 0.25) is 0 Å². The van der Waals surface area contributed by atoms with Crippen LogP contribution in [0.2, 0.25) is 0 Å². The molecule has 2 N–H and O–H groups in total. The lowest BCUT2D eigenvalue weighted by atomic mass is 9.81. The zero-order valence-electron chi connectivity index (χ0n) is 10.9. The predicted octanol–water partition coefficient (Wildman–Crippen LogP) is 1.77. The molecule has 5 heteroatoms. The molecule has 0 bridgehead atoms. The topological polar surface area (TPSA) is 60.8 Å². The molecule has 1 heterocycles. The molecule has 0 saturated carbocycles. The van der Waals surface area contributed by atoms with Crippen LogP contribution in [0, 0.1) is 11.2 Å². The summed E-state index contributed by atoms with van der Waals surface area (Å²) in [4.78, 5) is 13.8. The SMILES string of the molecule is CC1(CO)CCN(C(=O)c2cccc(F)c2O)CC1. The normalized spacial score (nSPS) is 18.4. The highest BCUT2D eigenvalue weighted by atomic mass is 19.1. The van der Waals surface area contributed by atoms with Crippen molar-refractivity contribution in [2.24, 2.45) is 5.41 Å². The Balaban J connectivity index is 2.12. The van der Waals surface area contributed by atoms with Crippen molar-refractivity contribution in [2.45, 2.75) is 19.8 Å². The number of aromatic hydroxyl groups is 1. The van der Waals surface area contributed by atoms with Gasteiger partial charge in [0.05, 0.1) is 5.56 Å². The van der Waals surface area contributed by atoms with Crippen LogP contribution in [0.3, 0.4) is 0 Å². The number of carbonyl (C=O) groups is 1. The predicted molar refractivity (Wildman–Crippen MR) is 68.4 cm³/mol. The van der Waals surface area contributed by atoms with E-state index in [1.165, 1.54) is 12.1 Å². The Morgan fingerprint density at radius 1 is 1.42 bits per heavy atom. The van der Waals surface area contributed by atoms with Gasteiger partial charge >= 0.3 is 0 Å². The van der Waals surface area contributed by atoms with E-state index in [-0.39, 0.29) is 23.5 Å². The lowest BCUT2D eigenvalue weighted by Gasteiger charge is -2.38. The van der Waals surface area contributed by atoms with Crippen LogP contribution < -0.4 is 0 Å². The van der Waals surface area contributed by atoms with E-state index in [1.54, 1.807) is 4.90 Å². The number of benzene rings is 1. The van der Waals surface area contributed by atoms with E-state index in [2.05, 4.69) is 0 Å². The van der Waals surface area contributed by atoms with Crippen molar-refractivity contribution in [1.29, 1.82) is 0 Å². The third kappa shape index (κ3) is 2.71. The standard InChI is InChI=1S/C14H18FNO3/c1-14(9-17)5-7-16(8-6-14)13(19)10-3-2-4-11(15)12(10)18/h2-4,17-18H,5-9H2,1H3. The molecule has 1 aliphatic heterocycles. The van der Waals surface area contributed by atoms with Gasteiger partial charge in [0.25, 0.3) is 5.91 Å². The maximum absolute atomic E-state index is 13.2. The molecule has 0 radical (unpaired) electrons. The Morgan fingerprint density at radius 2 is 2.05 bits per heavy atom. The second-order valence-electron chi connectivity index (χ2n) is 5.40. The van der Waals surface area contributed by atoms with Gasteiger partial charge in [0.1, 0.15) is 0 Å². The lowest BCUT2D eigenvalue weighted by molar-refractivity contribution is 0.0437. The largest absolute Gasteiger partial charge is 0.504 e. The van der Waals surface area contributed by atoms with E-state index < -0.39 is 11.6 Å². The number of carbonyl (C=O) groups excluding carboxylic acids is 1. The number of aliphatic hydroxyl groups is 1. The number of nitrogens with zero attached hydrogens (tertiary/aromatic N) is 1.